The highest BCUT2D eigenvalue weighted by Gasteiger charge is 2.38. The lowest BCUT2D eigenvalue weighted by Crippen LogP contribution is -2.32. The number of ether oxygens (including phenoxy) is 1. The van der Waals surface area contributed by atoms with E-state index in [0.29, 0.717) is 5.92 Å². The zero-order valence-corrected chi connectivity index (χ0v) is 13.0. The van der Waals surface area contributed by atoms with Gasteiger partial charge in [-0.05, 0) is 41.6 Å². The number of rotatable bonds is 5. The molecule has 1 fully saturated rings. The average Bonchev–Trinajstić information content (AvgIpc) is 3.07. The largest absolute Gasteiger partial charge is 0.465 e. The Labute approximate surface area is 127 Å². The Morgan fingerprint density at radius 1 is 1.65 bits per heavy atom. The summed E-state index contributed by atoms with van der Waals surface area (Å²) in [6.45, 7) is 2.04. The maximum Gasteiger partial charge on any atom is 0.325 e. The summed E-state index contributed by atoms with van der Waals surface area (Å²) in [6, 6.07) is 1.88. The monoisotopic (exact) mass is 339 g/mol. The second-order valence-electron chi connectivity index (χ2n) is 5.03. The fraction of sp³-hybridized carbons (Fsp3) is 0.643. The number of nitrogens with zero attached hydrogens (tertiary/aromatic N) is 3. The molecule has 0 spiro atoms. The predicted molar refractivity (Wildman–Crippen MR) is 76.7 cm³/mol. The third-order valence-electron chi connectivity index (χ3n) is 3.78. The Kier molecular flexibility index (Phi) is 5.18. The first-order valence-corrected chi connectivity index (χ1v) is 7.72. The number of aromatic nitrogens is 2. The summed E-state index contributed by atoms with van der Waals surface area (Å²) in [5, 5.41) is 13.7. The van der Waals surface area contributed by atoms with Crippen LogP contribution in [0.15, 0.2) is 16.9 Å². The number of hydrogen-bond acceptors (Lipinski definition) is 4. The Morgan fingerprint density at radius 2 is 2.35 bits per heavy atom. The van der Waals surface area contributed by atoms with Gasteiger partial charge in [0, 0.05) is 6.20 Å². The quantitative estimate of drug-likeness (QED) is 0.773. The second-order valence-corrected chi connectivity index (χ2v) is 5.95. The first-order valence-electron chi connectivity index (χ1n) is 6.93. The summed E-state index contributed by atoms with van der Waals surface area (Å²) < 4.78 is 7.64. The van der Waals surface area contributed by atoms with Crippen LogP contribution in [0.25, 0.3) is 0 Å². The van der Waals surface area contributed by atoms with Crippen molar-refractivity contribution in [3.63, 3.8) is 0 Å². The molecule has 0 bridgehead atoms. The highest BCUT2D eigenvalue weighted by molar-refractivity contribution is 9.10. The van der Waals surface area contributed by atoms with Gasteiger partial charge in [-0.3, -0.25) is 9.48 Å². The summed E-state index contributed by atoms with van der Waals surface area (Å²) in [4.78, 5) is 12.1. The molecule has 1 aromatic heterocycles. The number of halogens is 1. The third-order valence-corrected chi connectivity index (χ3v) is 4.19. The van der Waals surface area contributed by atoms with Crippen LogP contribution >= 0.6 is 15.9 Å². The molecule has 0 amide bonds. The minimum absolute atomic E-state index is 0.243. The number of carbonyl (C=O) groups is 1. The van der Waals surface area contributed by atoms with Gasteiger partial charge in [-0.15, -0.1) is 0 Å². The summed E-state index contributed by atoms with van der Waals surface area (Å²) in [5.41, 5.74) is 0. The molecule has 2 atom stereocenters. The molecule has 6 heteroatoms. The lowest BCUT2D eigenvalue weighted by molar-refractivity contribution is -0.148. The van der Waals surface area contributed by atoms with Crippen molar-refractivity contribution in [3.8, 4) is 6.07 Å². The minimum Gasteiger partial charge on any atom is -0.465 e. The van der Waals surface area contributed by atoms with Gasteiger partial charge in [0.1, 0.15) is 0 Å². The van der Waals surface area contributed by atoms with Gasteiger partial charge in [-0.25, -0.2) is 0 Å². The third kappa shape index (κ3) is 3.21. The predicted octanol–water partition coefficient (Wildman–Crippen LogP) is 3.08. The molecule has 1 aliphatic carbocycles. The maximum atomic E-state index is 12.1. The van der Waals surface area contributed by atoms with Crippen LogP contribution in [-0.2, 0) is 9.53 Å². The van der Waals surface area contributed by atoms with Crippen LogP contribution in [0.3, 0.4) is 0 Å². The van der Waals surface area contributed by atoms with Gasteiger partial charge in [0.05, 0.1) is 29.4 Å². The molecule has 1 saturated carbocycles. The van der Waals surface area contributed by atoms with E-state index in [0.717, 1.165) is 30.2 Å². The van der Waals surface area contributed by atoms with E-state index in [1.54, 1.807) is 17.8 Å². The molecule has 5 nitrogen and oxygen atoms in total. The van der Waals surface area contributed by atoms with E-state index >= 15 is 0 Å². The first kappa shape index (κ1) is 15.0. The SMILES string of the molecule is CCOC(=O)C(C#N)C(C1CCCC1)n1cc(Br)cn1. The van der Waals surface area contributed by atoms with Crippen molar-refractivity contribution in [2.24, 2.45) is 11.8 Å². The Balaban J connectivity index is 2.29. The van der Waals surface area contributed by atoms with Crippen molar-refractivity contribution in [2.45, 2.75) is 38.6 Å². The zero-order valence-electron chi connectivity index (χ0n) is 11.5. The van der Waals surface area contributed by atoms with Crippen molar-refractivity contribution in [3.05, 3.63) is 16.9 Å². The van der Waals surface area contributed by atoms with Crippen LogP contribution in [0.5, 0.6) is 0 Å². The molecule has 1 aromatic rings. The Bertz CT molecular complexity index is 503. The summed E-state index contributed by atoms with van der Waals surface area (Å²) in [6.07, 6.45) is 7.85. The smallest absolute Gasteiger partial charge is 0.325 e. The van der Waals surface area contributed by atoms with Gasteiger partial charge < -0.3 is 4.74 Å². The topological polar surface area (TPSA) is 67.9 Å². The van der Waals surface area contributed by atoms with Crippen LogP contribution in [0, 0.1) is 23.2 Å². The molecular weight excluding hydrogens is 322 g/mol. The van der Waals surface area contributed by atoms with Crippen LogP contribution in [0.4, 0.5) is 0 Å². The van der Waals surface area contributed by atoms with E-state index in [4.69, 9.17) is 4.74 Å². The van der Waals surface area contributed by atoms with E-state index in [9.17, 15) is 10.1 Å². The van der Waals surface area contributed by atoms with Gasteiger partial charge in [-0.1, -0.05) is 12.8 Å². The number of hydrogen-bond donors (Lipinski definition) is 0. The van der Waals surface area contributed by atoms with Gasteiger partial charge in [-0.2, -0.15) is 10.4 Å². The van der Waals surface area contributed by atoms with Crippen LogP contribution in [0.2, 0.25) is 0 Å². The van der Waals surface area contributed by atoms with Gasteiger partial charge in [0.15, 0.2) is 5.92 Å². The molecule has 0 radical (unpaired) electrons. The first-order chi connectivity index (χ1) is 9.67. The average molecular weight is 340 g/mol. The molecule has 2 unspecified atom stereocenters. The van der Waals surface area contributed by atoms with E-state index in [1.807, 2.05) is 6.20 Å². The lowest BCUT2D eigenvalue weighted by atomic mass is 9.88. The number of carbonyl (C=O) groups excluding carboxylic acids is 1. The molecule has 0 aromatic carbocycles. The van der Waals surface area contributed by atoms with Crippen molar-refractivity contribution in [1.29, 1.82) is 5.26 Å². The zero-order chi connectivity index (χ0) is 14.5. The summed E-state index contributed by atoms with van der Waals surface area (Å²) >= 11 is 3.37. The van der Waals surface area contributed by atoms with Gasteiger partial charge >= 0.3 is 5.97 Å². The lowest BCUT2D eigenvalue weighted by Gasteiger charge is -2.26. The van der Waals surface area contributed by atoms with Crippen molar-refractivity contribution >= 4 is 21.9 Å². The second kappa shape index (κ2) is 6.89. The molecule has 0 saturated heterocycles. The van der Waals surface area contributed by atoms with Gasteiger partial charge in [0.2, 0.25) is 0 Å². The number of nitriles is 1. The molecular formula is C14H18BrN3O2. The molecule has 1 aliphatic rings. The van der Waals surface area contributed by atoms with E-state index < -0.39 is 11.9 Å². The van der Waals surface area contributed by atoms with Crippen LogP contribution in [0.1, 0.15) is 38.6 Å². The molecule has 108 valence electrons. The Morgan fingerprint density at radius 3 is 2.85 bits per heavy atom. The molecule has 20 heavy (non-hydrogen) atoms. The number of esters is 1. The fourth-order valence-corrected chi connectivity index (χ4v) is 3.22. The van der Waals surface area contributed by atoms with Crippen molar-refractivity contribution < 1.29 is 9.53 Å². The highest BCUT2D eigenvalue weighted by Crippen LogP contribution is 2.39. The van der Waals surface area contributed by atoms with E-state index in [2.05, 4.69) is 27.1 Å². The van der Waals surface area contributed by atoms with Crippen LogP contribution in [-0.4, -0.2) is 22.4 Å². The normalized spacial score (nSPS) is 18.4. The molecule has 2 rings (SSSR count). The Hall–Kier alpha value is -1.35. The maximum absolute atomic E-state index is 12.1. The van der Waals surface area contributed by atoms with E-state index in [1.165, 1.54) is 0 Å². The summed E-state index contributed by atoms with van der Waals surface area (Å²) in [7, 11) is 0. The van der Waals surface area contributed by atoms with E-state index in [-0.39, 0.29) is 12.6 Å². The molecule has 0 N–H and O–H groups in total. The van der Waals surface area contributed by atoms with Crippen LogP contribution < -0.4 is 0 Å². The van der Waals surface area contributed by atoms with Crippen molar-refractivity contribution in [1.82, 2.24) is 9.78 Å². The minimum atomic E-state index is -0.801. The molecule has 0 aliphatic heterocycles. The van der Waals surface area contributed by atoms with Crippen molar-refractivity contribution in [2.75, 3.05) is 6.61 Å². The highest BCUT2D eigenvalue weighted by atomic mass is 79.9. The van der Waals surface area contributed by atoms with Gasteiger partial charge in [0.25, 0.3) is 0 Å². The fourth-order valence-electron chi connectivity index (χ4n) is 2.92. The molecule has 1 heterocycles. The summed E-state index contributed by atoms with van der Waals surface area (Å²) in [5.74, 6) is -0.945. The standard InChI is InChI=1S/C14H18BrN3O2/c1-2-20-14(19)12(7-16)13(10-5-3-4-6-10)18-9-11(15)8-17-18/h8-10,12-13H,2-6H2,1H3.